The highest BCUT2D eigenvalue weighted by atomic mass is 32.2. The van der Waals surface area contributed by atoms with Crippen LogP contribution in [0.25, 0.3) is 0 Å². The van der Waals surface area contributed by atoms with Gasteiger partial charge in [0.2, 0.25) is 15.9 Å². The van der Waals surface area contributed by atoms with Crippen LogP contribution < -0.4 is 5.14 Å². The first-order valence-electron chi connectivity index (χ1n) is 3.67. The zero-order valence-electron chi connectivity index (χ0n) is 6.46. The molecule has 0 spiro atoms. The number of primary sulfonamides is 1. The lowest BCUT2D eigenvalue weighted by Gasteiger charge is -2.34. The van der Waals surface area contributed by atoms with Crippen LogP contribution in [0.4, 0.5) is 8.78 Å². The highest BCUT2D eigenvalue weighted by Gasteiger charge is 2.44. The van der Waals surface area contributed by atoms with Gasteiger partial charge in [-0.1, -0.05) is 0 Å². The van der Waals surface area contributed by atoms with Gasteiger partial charge in [0.1, 0.15) is 0 Å². The van der Waals surface area contributed by atoms with E-state index in [-0.39, 0.29) is 30.9 Å². The minimum absolute atomic E-state index is 0.168. The summed E-state index contributed by atoms with van der Waals surface area (Å²) >= 11 is 0. The molecular weight excluding hydrogens is 188 g/mol. The van der Waals surface area contributed by atoms with Crippen LogP contribution in [-0.2, 0) is 10.0 Å². The molecule has 0 saturated heterocycles. The van der Waals surface area contributed by atoms with E-state index in [1.165, 1.54) is 0 Å². The maximum absolute atomic E-state index is 12.2. The Hall–Kier alpha value is -0.230. The van der Waals surface area contributed by atoms with E-state index in [9.17, 15) is 17.2 Å². The number of nitrogens with two attached hydrogens (primary N) is 1. The van der Waals surface area contributed by atoms with Crippen molar-refractivity contribution in [3.05, 3.63) is 0 Å². The smallest absolute Gasteiger partial charge is 0.229 e. The Balaban J connectivity index is 2.21. The van der Waals surface area contributed by atoms with Crippen molar-refractivity contribution in [1.82, 2.24) is 0 Å². The van der Waals surface area contributed by atoms with Crippen molar-refractivity contribution in [2.45, 2.75) is 25.2 Å². The van der Waals surface area contributed by atoms with E-state index in [1.54, 1.807) is 0 Å². The van der Waals surface area contributed by atoms with E-state index in [0.29, 0.717) is 0 Å². The summed E-state index contributed by atoms with van der Waals surface area (Å²) < 4.78 is 45.3. The molecule has 0 heterocycles. The molecule has 0 bridgehead atoms. The highest BCUT2D eigenvalue weighted by Crippen LogP contribution is 2.43. The second-order valence-corrected chi connectivity index (χ2v) is 5.02. The average Bonchev–Trinajstić information content (AvgIpc) is 1.76. The zero-order chi connectivity index (χ0) is 9.41. The normalized spacial score (nSPS) is 23.6. The number of rotatable bonds is 3. The molecule has 12 heavy (non-hydrogen) atoms. The number of hydrogen-bond donors (Lipinski definition) is 1. The van der Waals surface area contributed by atoms with Gasteiger partial charge in [-0.2, -0.15) is 0 Å². The van der Waals surface area contributed by atoms with Crippen LogP contribution in [0.5, 0.6) is 0 Å². The summed E-state index contributed by atoms with van der Waals surface area (Å²) in [5, 5.41) is 4.71. The van der Waals surface area contributed by atoms with Gasteiger partial charge in [-0.15, -0.1) is 0 Å². The molecule has 0 aromatic heterocycles. The largest absolute Gasteiger partial charge is 0.248 e. The molecule has 0 radical (unpaired) electrons. The molecule has 1 saturated carbocycles. The van der Waals surface area contributed by atoms with Gasteiger partial charge in [-0.05, 0) is 12.3 Å². The second-order valence-electron chi connectivity index (χ2n) is 3.29. The summed E-state index contributed by atoms with van der Waals surface area (Å²) in [5.41, 5.74) is 0. The Bertz CT molecular complexity index is 255. The first-order valence-corrected chi connectivity index (χ1v) is 5.38. The first-order chi connectivity index (χ1) is 5.29. The van der Waals surface area contributed by atoms with Crippen molar-refractivity contribution in [3.8, 4) is 0 Å². The minimum atomic E-state index is -3.48. The number of hydrogen-bond acceptors (Lipinski definition) is 2. The maximum atomic E-state index is 12.2. The average molecular weight is 199 g/mol. The summed E-state index contributed by atoms with van der Waals surface area (Å²) in [7, 11) is -3.48. The topological polar surface area (TPSA) is 60.2 Å². The highest BCUT2D eigenvalue weighted by molar-refractivity contribution is 7.89. The van der Waals surface area contributed by atoms with Crippen molar-refractivity contribution in [2.24, 2.45) is 11.1 Å². The Morgan fingerprint density at radius 3 is 2.25 bits per heavy atom. The lowest BCUT2D eigenvalue weighted by atomic mass is 9.80. The van der Waals surface area contributed by atoms with E-state index in [1.807, 2.05) is 0 Å². The lowest BCUT2D eigenvalue weighted by molar-refractivity contribution is -0.110. The Morgan fingerprint density at radius 1 is 1.42 bits per heavy atom. The van der Waals surface area contributed by atoms with E-state index in [4.69, 9.17) is 5.14 Å². The molecule has 0 amide bonds. The molecule has 1 rings (SSSR count). The molecule has 0 atom stereocenters. The van der Waals surface area contributed by atoms with Gasteiger partial charge in [-0.3, -0.25) is 0 Å². The van der Waals surface area contributed by atoms with Crippen LogP contribution in [0, 0.1) is 5.92 Å². The van der Waals surface area contributed by atoms with Gasteiger partial charge in [0.15, 0.2) is 0 Å². The Labute approximate surface area is 70.0 Å². The molecule has 1 aliphatic rings. The van der Waals surface area contributed by atoms with Gasteiger partial charge >= 0.3 is 0 Å². The third kappa shape index (κ3) is 3.02. The van der Waals surface area contributed by atoms with Crippen LogP contribution in [-0.4, -0.2) is 20.1 Å². The fourth-order valence-corrected chi connectivity index (χ4v) is 1.98. The summed E-state index contributed by atoms with van der Waals surface area (Å²) in [6.45, 7) is 0. The van der Waals surface area contributed by atoms with E-state index in [2.05, 4.69) is 0 Å². The molecule has 0 aliphatic heterocycles. The fraction of sp³-hybridized carbons (Fsp3) is 1.00. The van der Waals surface area contributed by atoms with E-state index in [0.717, 1.165) is 0 Å². The summed E-state index contributed by atoms with van der Waals surface area (Å²) in [6, 6.07) is 0. The number of halogens is 2. The molecule has 0 aromatic carbocycles. The molecule has 1 aliphatic carbocycles. The van der Waals surface area contributed by atoms with Crippen molar-refractivity contribution < 1.29 is 17.2 Å². The quantitative estimate of drug-likeness (QED) is 0.727. The van der Waals surface area contributed by atoms with Gasteiger partial charge in [-0.25, -0.2) is 22.3 Å². The Kier molecular flexibility index (Phi) is 2.40. The molecular formula is C6H11F2NO2S. The molecule has 6 heteroatoms. The van der Waals surface area contributed by atoms with Crippen LogP contribution >= 0.6 is 0 Å². The van der Waals surface area contributed by atoms with Gasteiger partial charge < -0.3 is 0 Å². The standard InChI is InChI=1S/C6H11F2NO2S/c7-6(8)3-5(4-6)1-2-12(9,10)11/h5H,1-4H2,(H2,9,10,11). The third-order valence-electron chi connectivity index (χ3n) is 1.99. The molecule has 0 unspecified atom stereocenters. The summed E-state index contributed by atoms with van der Waals surface area (Å²) in [6.07, 6.45) is -0.126. The van der Waals surface area contributed by atoms with Crippen LogP contribution in [0.2, 0.25) is 0 Å². The summed E-state index contributed by atoms with van der Waals surface area (Å²) in [4.78, 5) is 0. The number of alkyl halides is 2. The minimum Gasteiger partial charge on any atom is -0.229 e. The van der Waals surface area contributed by atoms with Crippen LogP contribution in [0.1, 0.15) is 19.3 Å². The van der Waals surface area contributed by atoms with Gasteiger partial charge in [0.05, 0.1) is 5.75 Å². The van der Waals surface area contributed by atoms with Crippen LogP contribution in [0.15, 0.2) is 0 Å². The monoisotopic (exact) mass is 199 g/mol. The fourth-order valence-electron chi connectivity index (χ4n) is 1.32. The van der Waals surface area contributed by atoms with Crippen molar-refractivity contribution >= 4 is 10.0 Å². The van der Waals surface area contributed by atoms with Crippen molar-refractivity contribution in [1.29, 1.82) is 0 Å². The van der Waals surface area contributed by atoms with Crippen molar-refractivity contribution in [3.63, 3.8) is 0 Å². The predicted molar refractivity (Wildman–Crippen MR) is 40.3 cm³/mol. The van der Waals surface area contributed by atoms with Crippen molar-refractivity contribution in [2.75, 3.05) is 5.75 Å². The maximum Gasteiger partial charge on any atom is 0.248 e. The van der Waals surface area contributed by atoms with Gasteiger partial charge in [0, 0.05) is 12.8 Å². The SMILES string of the molecule is NS(=O)(=O)CCC1CC(F)(F)C1. The molecule has 3 nitrogen and oxygen atoms in total. The van der Waals surface area contributed by atoms with Crippen LogP contribution in [0.3, 0.4) is 0 Å². The molecule has 0 aromatic rings. The third-order valence-corrected chi connectivity index (χ3v) is 2.79. The van der Waals surface area contributed by atoms with E-state index >= 15 is 0 Å². The molecule has 1 fully saturated rings. The lowest BCUT2D eigenvalue weighted by Crippen LogP contribution is -2.36. The molecule has 2 N–H and O–H groups in total. The molecule has 72 valence electrons. The summed E-state index contributed by atoms with van der Waals surface area (Å²) in [5.74, 6) is -2.92. The first kappa shape index (κ1) is 9.85. The van der Waals surface area contributed by atoms with E-state index < -0.39 is 15.9 Å². The predicted octanol–water partition coefficient (Wildman–Crippen LogP) is 0.710. The Morgan fingerprint density at radius 2 is 1.92 bits per heavy atom. The number of sulfonamides is 1. The zero-order valence-corrected chi connectivity index (χ0v) is 7.28. The van der Waals surface area contributed by atoms with Gasteiger partial charge in [0.25, 0.3) is 0 Å². The second kappa shape index (κ2) is 2.92.